The Hall–Kier alpha value is -2.52. The minimum absolute atomic E-state index is 0.114. The first-order valence-corrected chi connectivity index (χ1v) is 9.85. The third-order valence-corrected chi connectivity index (χ3v) is 5.01. The highest BCUT2D eigenvalue weighted by Gasteiger charge is 2.13. The van der Waals surface area contributed by atoms with Crippen LogP contribution in [0.2, 0.25) is 0 Å². The lowest BCUT2D eigenvalue weighted by Gasteiger charge is -2.11. The SMILES string of the molecule is CC(C)c1nc(NCCc2ccc(S(N)(=O)=O)cc2)c2cnn(C)c2n1. The molecule has 3 aromatic rings. The number of nitrogens with one attached hydrogen (secondary N) is 1. The summed E-state index contributed by atoms with van der Waals surface area (Å²) in [5, 5.41) is 13.6. The molecule has 0 saturated carbocycles. The Morgan fingerprint density at radius 3 is 2.50 bits per heavy atom. The molecule has 2 aromatic heterocycles. The van der Waals surface area contributed by atoms with Crippen molar-refractivity contribution in [2.45, 2.75) is 31.1 Å². The summed E-state index contributed by atoms with van der Waals surface area (Å²) in [4.78, 5) is 9.31. The van der Waals surface area contributed by atoms with Gasteiger partial charge in [-0.15, -0.1) is 0 Å². The van der Waals surface area contributed by atoms with Gasteiger partial charge in [-0.3, -0.25) is 4.68 Å². The van der Waals surface area contributed by atoms with E-state index in [1.165, 1.54) is 12.1 Å². The van der Waals surface area contributed by atoms with Gasteiger partial charge in [-0.2, -0.15) is 5.10 Å². The number of nitrogens with zero attached hydrogens (tertiary/aromatic N) is 4. The van der Waals surface area contributed by atoms with Crippen molar-refractivity contribution in [3.63, 3.8) is 0 Å². The van der Waals surface area contributed by atoms with Crippen LogP contribution >= 0.6 is 0 Å². The largest absolute Gasteiger partial charge is 0.369 e. The third kappa shape index (κ3) is 3.83. The lowest BCUT2D eigenvalue weighted by atomic mass is 10.1. The van der Waals surface area contributed by atoms with Crippen molar-refractivity contribution >= 4 is 26.9 Å². The number of sulfonamides is 1. The molecule has 138 valence electrons. The van der Waals surface area contributed by atoms with Gasteiger partial charge in [0.2, 0.25) is 10.0 Å². The second-order valence-electron chi connectivity index (χ2n) is 6.46. The number of hydrogen-bond acceptors (Lipinski definition) is 6. The molecule has 0 radical (unpaired) electrons. The van der Waals surface area contributed by atoms with Crippen LogP contribution in [0, 0.1) is 0 Å². The number of hydrogen-bond donors (Lipinski definition) is 2. The molecule has 0 atom stereocenters. The Bertz CT molecular complexity index is 1030. The molecule has 8 nitrogen and oxygen atoms in total. The molecule has 26 heavy (non-hydrogen) atoms. The Kier molecular flexibility index (Phi) is 4.92. The highest BCUT2D eigenvalue weighted by atomic mass is 32.2. The molecule has 0 saturated heterocycles. The summed E-state index contributed by atoms with van der Waals surface area (Å²) in [5.74, 6) is 1.73. The zero-order valence-electron chi connectivity index (χ0n) is 15.0. The van der Waals surface area contributed by atoms with E-state index >= 15 is 0 Å². The van der Waals surface area contributed by atoms with Gasteiger partial charge in [-0.25, -0.2) is 23.5 Å². The molecule has 0 aliphatic heterocycles. The van der Waals surface area contributed by atoms with Crippen molar-refractivity contribution in [3.8, 4) is 0 Å². The first-order chi connectivity index (χ1) is 12.3. The zero-order valence-corrected chi connectivity index (χ0v) is 15.8. The number of rotatable bonds is 6. The molecule has 0 aliphatic rings. The fraction of sp³-hybridized carbons (Fsp3) is 0.353. The number of benzene rings is 1. The molecule has 2 heterocycles. The van der Waals surface area contributed by atoms with Crippen LogP contribution in [0.15, 0.2) is 35.4 Å². The van der Waals surface area contributed by atoms with Gasteiger partial charge in [0.05, 0.1) is 16.5 Å². The Balaban J connectivity index is 1.75. The minimum Gasteiger partial charge on any atom is -0.369 e. The van der Waals surface area contributed by atoms with Gasteiger partial charge in [0.25, 0.3) is 0 Å². The Morgan fingerprint density at radius 1 is 1.19 bits per heavy atom. The van der Waals surface area contributed by atoms with E-state index in [-0.39, 0.29) is 10.8 Å². The normalized spacial score (nSPS) is 12.0. The molecule has 0 fully saturated rings. The predicted molar refractivity (Wildman–Crippen MR) is 100 cm³/mol. The van der Waals surface area contributed by atoms with Gasteiger partial charge < -0.3 is 5.32 Å². The molecule has 0 spiro atoms. The lowest BCUT2D eigenvalue weighted by molar-refractivity contribution is 0.598. The highest BCUT2D eigenvalue weighted by molar-refractivity contribution is 7.89. The van der Waals surface area contributed by atoms with Gasteiger partial charge in [-0.1, -0.05) is 26.0 Å². The van der Waals surface area contributed by atoms with E-state index in [9.17, 15) is 8.42 Å². The van der Waals surface area contributed by atoms with Crippen LogP contribution in [0.3, 0.4) is 0 Å². The molecule has 3 N–H and O–H groups in total. The maximum Gasteiger partial charge on any atom is 0.238 e. The van der Waals surface area contributed by atoms with E-state index in [0.29, 0.717) is 13.0 Å². The number of fused-ring (bicyclic) bond motifs is 1. The van der Waals surface area contributed by atoms with E-state index in [4.69, 9.17) is 5.14 Å². The molecule has 0 aliphatic carbocycles. The summed E-state index contributed by atoms with van der Waals surface area (Å²) in [5.41, 5.74) is 1.80. The summed E-state index contributed by atoms with van der Waals surface area (Å²) >= 11 is 0. The first-order valence-electron chi connectivity index (χ1n) is 8.31. The van der Waals surface area contributed by atoms with Crippen LogP contribution in [-0.4, -0.2) is 34.7 Å². The minimum atomic E-state index is -3.66. The molecule has 0 unspecified atom stereocenters. The molecular formula is C17H22N6O2S. The number of nitrogens with two attached hydrogens (primary N) is 1. The van der Waals surface area contributed by atoms with Crippen LogP contribution in [0.25, 0.3) is 11.0 Å². The van der Waals surface area contributed by atoms with E-state index in [0.717, 1.165) is 28.2 Å². The standard InChI is InChI=1S/C17H22N6O2S/c1-11(2)15-21-16(14-10-20-23(3)17(14)22-15)19-9-8-12-4-6-13(7-5-12)26(18,24)25/h4-7,10-11H,8-9H2,1-3H3,(H2,18,24,25)(H,19,21,22). The molecule has 0 amide bonds. The number of aromatic nitrogens is 4. The topological polar surface area (TPSA) is 116 Å². The molecule has 1 aromatic carbocycles. The predicted octanol–water partition coefficient (Wildman–Crippen LogP) is 1.79. The van der Waals surface area contributed by atoms with Crippen molar-refractivity contribution in [3.05, 3.63) is 41.9 Å². The third-order valence-electron chi connectivity index (χ3n) is 4.08. The molecule has 9 heteroatoms. The van der Waals surface area contributed by atoms with E-state index in [1.807, 2.05) is 20.9 Å². The monoisotopic (exact) mass is 374 g/mol. The van der Waals surface area contributed by atoms with Crippen LogP contribution in [0.4, 0.5) is 5.82 Å². The maximum absolute atomic E-state index is 11.3. The molecular weight excluding hydrogens is 352 g/mol. The van der Waals surface area contributed by atoms with Crippen molar-refractivity contribution in [2.24, 2.45) is 12.2 Å². The average molecular weight is 374 g/mol. The fourth-order valence-corrected chi connectivity index (χ4v) is 3.12. The van der Waals surface area contributed by atoms with Crippen molar-refractivity contribution < 1.29 is 8.42 Å². The number of aryl methyl sites for hydroxylation is 1. The van der Waals surface area contributed by atoms with Gasteiger partial charge >= 0.3 is 0 Å². The maximum atomic E-state index is 11.3. The summed E-state index contributed by atoms with van der Waals surface area (Å²) in [6, 6.07) is 6.57. The smallest absolute Gasteiger partial charge is 0.238 e. The van der Waals surface area contributed by atoms with Crippen molar-refractivity contribution in [1.82, 2.24) is 19.7 Å². The first kappa shape index (κ1) is 18.3. The average Bonchev–Trinajstić information content (AvgIpc) is 2.96. The molecule has 3 rings (SSSR count). The second-order valence-corrected chi connectivity index (χ2v) is 8.02. The number of anilines is 1. The molecule has 0 bridgehead atoms. The fourth-order valence-electron chi connectivity index (χ4n) is 2.60. The van der Waals surface area contributed by atoms with E-state index < -0.39 is 10.0 Å². The van der Waals surface area contributed by atoms with Crippen LogP contribution in [0.5, 0.6) is 0 Å². The van der Waals surface area contributed by atoms with E-state index in [1.54, 1.807) is 23.0 Å². The van der Waals surface area contributed by atoms with Gasteiger partial charge in [0, 0.05) is 19.5 Å². The van der Waals surface area contributed by atoms with Crippen LogP contribution < -0.4 is 10.5 Å². The van der Waals surface area contributed by atoms with Gasteiger partial charge in [0.1, 0.15) is 11.6 Å². The highest BCUT2D eigenvalue weighted by Crippen LogP contribution is 2.22. The van der Waals surface area contributed by atoms with Crippen LogP contribution in [0.1, 0.15) is 31.2 Å². The second kappa shape index (κ2) is 7.00. The van der Waals surface area contributed by atoms with Crippen molar-refractivity contribution in [1.29, 1.82) is 0 Å². The summed E-state index contributed by atoms with van der Waals surface area (Å²) < 4.78 is 24.3. The quantitative estimate of drug-likeness (QED) is 0.679. The van der Waals surface area contributed by atoms with Gasteiger partial charge in [-0.05, 0) is 24.1 Å². The Morgan fingerprint density at radius 2 is 1.88 bits per heavy atom. The summed E-state index contributed by atoms with van der Waals surface area (Å²) in [6.07, 6.45) is 2.47. The zero-order chi connectivity index (χ0) is 18.9. The van der Waals surface area contributed by atoms with Gasteiger partial charge in [0.15, 0.2) is 5.65 Å². The van der Waals surface area contributed by atoms with E-state index in [2.05, 4.69) is 20.4 Å². The number of primary sulfonamides is 1. The van der Waals surface area contributed by atoms with Crippen LogP contribution in [-0.2, 0) is 23.5 Å². The summed E-state index contributed by atoms with van der Waals surface area (Å²) in [6.45, 7) is 4.75. The summed E-state index contributed by atoms with van der Waals surface area (Å²) in [7, 11) is -1.80. The lowest BCUT2D eigenvalue weighted by Crippen LogP contribution is -2.12. The van der Waals surface area contributed by atoms with Crippen molar-refractivity contribution in [2.75, 3.05) is 11.9 Å². The Labute approximate surface area is 152 Å².